The van der Waals surface area contributed by atoms with Gasteiger partial charge in [-0.1, -0.05) is 24.3 Å². The van der Waals surface area contributed by atoms with Crippen LogP contribution in [0.5, 0.6) is 0 Å². The van der Waals surface area contributed by atoms with E-state index < -0.39 is 24.7 Å². The molecule has 5 aromatic rings. The van der Waals surface area contributed by atoms with Crippen molar-refractivity contribution >= 4 is 34.3 Å². The third-order valence-corrected chi connectivity index (χ3v) is 7.61. The molecular weight excluding hydrogens is 544 g/mol. The Morgan fingerprint density at radius 1 is 1.12 bits per heavy atom. The van der Waals surface area contributed by atoms with Gasteiger partial charge < -0.3 is 29.9 Å². The number of nitrogens with one attached hydrogen (secondary N) is 2. The molecule has 2 saturated heterocycles. The van der Waals surface area contributed by atoms with E-state index in [4.69, 9.17) is 24.4 Å². The number of aromatic amines is 1. The lowest BCUT2D eigenvalue weighted by Crippen LogP contribution is -2.43. The second-order valence-corrected chi connectivity index (χ2v) is 10.2. The summed E-state index contributed by atoms with van der Waals surface area (Å²) in [5.74, 6) is 0.675. The van der Waals surface area contributed by atoms with Crippen molar-refractivity contribution in [2.75, 3.05) is 25.1 Å². The number of hydrogen-bond donors (Lipinski definition) is 4. The van der Waals surface area contributed by atoms with E-state index in [-0.39, 0.29) is 18.4 Å². The topological polar surface area (TPSA) is 189 Å². The third kappa shape index (κ3) is 4.42. The van der Waals surface area contributed by atoms with E-state index in [1.165, 1.54) is 15.8 Å². The SMILES string of the molecule is CCN(C=O)C1O[C@@H](n2cnc3c(N[C@@H]4CCOC4)nc(-c4n[nH]nc4-c4ccc5ccccc5n4)nc32)C(O)[C@H]1O. The minimum atomic E-state index is -1.36. The van der Waals surface area contributed by atoms with Gasteiger partial charge in [0.05, 0.1) is 30.2 Å². The number of amides is 1. The molecule has 1 amide bonds. The number of likely N-dealkylation sites (N-methyl/N-ethyl adjacent to an activating group) is 1. The van der Waals surface area contributed by atoms with Crippen LogP contribution in [0.15, 0.2) is 42.7 Å². The molecule has 5 atom stereocenters. The Hall–Kier alpha value is -4.57. The highest BCUT2D eigenvalue weighted by Crippen LogP contribution is 2.35. The van der Waals surface area contributed by atoms with Gasteiger partial charge in [-0.3, -0.25) is 9.36 Å². The Morgan fingerprint density at radius 2 is 1.98 bits per heavy atom. The number of fused-ring (bicyclic) bond motifs is 2. The van der Waals surface area contributed by atoms with Gasteiger partial charge in [0.25, 0.3) is 0 Å². The number of pyridine rings is 1. The van der Waals surface area contributed by atoms with E-state index >= 15 is 0 Å². The summed E-state index contributed by atoms with van der Waals surface area (Å²) in [6.45, 7) is 3.17. The second-order valence-electron chi connectivity index (χ2n) is 10.2. The minimum absolute atomic E-state index is 0.00487. The molecule has 15 heteroatoms. The number of aliphatic hydroxyl groups excluding tert-OH is 2. The maximum absolute atomic E-state index is 11.6. The molecule has 2 aliphatic heterocycles. The van der Waals surface area contributed by atoms with Gasteiger partial charge in [0.2, 0.25) is 6.41 Å². The van der Waals surface area contributed by atoms with Crippen LogP contribution in [0.3, 0.4) is 0 Å². The number of aliphatic hydroxyl groups is 2. The molecule has 4 aromatic heterocycles. The van der Waals surface area contributed by atoms with Crippen molar-refractivity contribution in [3.8, 4) is 22.9 Å². The maximum Gasteiger partial charge on any atom is 0.211 e. The number of anilines is 1. The van der Waals surface area contributed by atoms with Crippen LogP contribution in [0.1, 0.15) is 19.6 Å². The van der Waals surface area contributed by atoms with Crippen LogP contribution in [-0.2, 0) is 14.3 Å². The molecule has 42 heavy (non-hydrogen) atoms. The van der Waals surface area contributed by atoms with E-state index in [2.05, 4.69) is 25.7 Å². The van der Waals surface area contributed by atoms with Crippen LogP contribution in [0.4, 0.5) is 5.82 Å². The predicted octanol–water partition coefficient (Wildman–Crippen LogP) is 1.08. The summed E-state index contributed by atoms with van der Waals surface area (Å²) in [5, 5.41) is 37.5. The zero-order valence-electron chi connectivity index (χ0n) is 22.5. The summed E-state index contributed by atoms with van der Waals surface area (Å²) < 4.78 is 13.1. The molecule has 2 fully saturated rings. The smallest absolute Gasteiger partial charge is 0.211 e. The molecule has 0 spiro atoms. The van der Waals surface area contributed by atoms with Gasteiger partial charge in [-0.05, 0) is 25.5 Å². The van der Waals surface area contributed by atoms with E-state index in [0.717, 1.165) is 17.3 Å². The van der Waals surface area contributed by atoms with Crippen LogP contribution in [0, 0.1) is 0 Å². The molecule has 0 radical (unpaired) electrons. The lowest BCUT2D eigenvalue weighted by atomic mass is 10.1. The third-order valence-electron chi connectivity index (χ3n) is 7.61. The van der Waals surface area contributed by atoms with Crippen LogP contribution < -0.4 is 5.32 Å². The lowest BCUT2D eigenvalue weighted by molar-refractivity contribution is -0.141. The Balaban J connectivity index is 1.34. The van der Waals surface area contributed by atoms with Crippen LogP contribution in [0.2, 0.25) is 0 Å². The number of aromatic nitrogens is 8. The molecule has 2 aliphatic rings. The van der Waals surface area contributed by atoms with Crippen molar-refractivity contribution in [1.29, 1.82) is 0 Å². The molecule has 15 nitrogen and oxygen atoms in total. The van der Waals surface area contributed by atoms with Crippen molar-refractivity contribution in [1.82, 2.24) is 44.8 Å². The van der Waals surface area contributed by atoms with Gasteiger partial charge in [0.15, 0.2) is 41.0 Å². The highest BCUT2D eigenvalue weighted by atomic mass is 16.6. The number of rotatable bonds is 8. The van der Waals surface area contributed by atoms with Crippen LogP contribution in [0.25, 0.3) is 45.0 Å². The number of imidazole rings is 1. The number of hydrogen-bond acceptors (Lipinski definition) is 12. The average Bonchev–Trinajstić information content (AvgIpc) is 3.83. The minimum Gasteiger partial charge on any atom is -0.385 e. The quantitative estimate of drug-likeness (QED) is 0.194. The second kappa shape index (κ2) is 10.7. The first-order valence-electron chi connectivity index (χ1n) is 13.6. The normalized spacial score (nSPS) is 24.0. The molecule has 4 N–H and O–H groups in total. The fourth-order valence-electron chi connectivity index (χ4n) is 5.37. The highest BCUT2D eigenvalue weighted by molar-refractivity contribution is 5.87. The number of nitrogens with zero attached hydrogens (tertiary/aromatic N) is 8. The van der Waals surface area contributed by atoms with Crippen molar-refractivity contribution in [2.24, 2.45) is 0 Å². The molecule has 6 heterocycles. The maximum atomic E-state index is 11.6. The van der Waals surface area contributed by atoms with E-state index in [0.29, 0.717) is 53.7 Å². The van der Waals surface area contributed by atoms with Gasteiger partial charge in [-0.15, -0.1) is 0 Å². The highest BCUT2D eigenvalue weighted by Gasteiger charge is 2.46. The molecule has 0 aliphatic carbocycles. The Morgan fingerprint density at radius 3 is 2.79 bits per heavy atom. The molecule has 7 rings (SSSR count). The summed E-state index contributed by atoms with van der Waals surface area (Å²) in [4.78, 5) is 31.7. The van der Waals surface area contributed by atoms with E-state index in [1.807, 2.05) is 36.4 Å². The van der Waals surface area contributed by atoms with Gasteiger partial charge in [0.1, 0.15) is 17.9 Å². The molecule has 216 valence electrons. The van der Waals surface area contributed by atoms with E-state index in [9.17, 15) is 15.0 Å². The van der Waals surface area contributed by atoms with Gasteiger partial charge in [0, 0.05) is 18.5 Å². The summed E-state index contributed by atoms with van der Waals surface area (Å²) in [6, 6.07) is 11.6. The first-order chi connectivity index (χ1) is 20.6. The zero-order chi connectivity index (χ0) is 28.8. The van der Waals surface area contributed by atoms with Crippen LogP contribution >= 0.6 is 0 Å². The number of para-hydroxylation sites is 1. The van der Waals surface area contributed by atoms with Gasteiger partial charge in [-0.25, -0.2) is 19.9 Å². The largest absolute Gasteiger partial charge is 0.385 e. The first-order valence-corrected chi connectivity index (χ1v) is 13.6. The number of carbonyl (C=O) groups is 1. The van der Waals surface area contributed by atoms with Crippen molar-refractivity contribution in [3.63, 3.8) is 0 Å². The van der Waals surface area contributed by atoms with Crippen molar-refractivity contribution < 1.29 is 24.5 Å². The number of benzene rings is 1. The first kappa shape index (κ1) is 26.3. The zero-order valence-corrected chi connectivity index (χ0v) is 22.5. The van der Waals surface area contributed by atoms with Gasteiger partial charge in [-0.2, -0.15) is 15.4 Å². The molecule has 2 unspecified atom stereocenters. The average molecular weight is 573 g/mol. The van der Waals surface area contributed by atoms with Crippen LogP contribution in [-0.4, -0.2) is 106 Å². The molecule has 1 aromatic carbocycles. The fourth-order valence-corrected chi connectivity index (χ4v) is 5.37. The Bertz CT molecular complexity index is 1750. The van der Waals surface area contributed by atoms with Crippen molar-refractivity contribution in [2.45, 2.75) is 44.1 Å². The summed E-state index contributed by atoms with van der Waals surface area (Å²) in [7, 11) is 0. The fraction of sp³-hybridized carbons (Fsp3) is 0.370. The molecular formula is C27H28N10O5. The molecule has 0 saturated carbocycles. The Labute approximate surface area is 238 Å². The van der Waals surface area contributed by atoms with Gasteiger partial charge >= 0.3 is 0 Å². The van der Waals surface area contributed by atoms with Crippen molar-refractivity contribution in [3.05, 3.63) is 42.7 Å². The summed E-state index contributed by atoms with van der Waals surface area (Å²) in [6.07, 6.45) is -1.98. The summed E-state index contributed by atoms with van der Waals surface area (Å²) in [5.41, 5.74) is 2.96. The standard InChI is InChI=1S/C27H28N10O5/c1-2-36(13-38)26-21(39)22(40)27(42-26)37-12-28-20-24(29-15-9-10-41-11-15)31-23(32-25(20)37)19-18(33-35-34-19)17-8-7-14-5-3-4-6-16(14)30-17/h3-8,12-13,15,21-22,26-27,39-40H,2,9-11H2,1H3,(H,29,31,32)(H,33,34,35)/t15-,21-,22?,26?,27-/m1/s1. The van der Waals surface area contributed by atoms with E-state index in [1.54, 1.807) is 6.92 Å². The Kier molecular flexibility index (Phi) is 6.70. The number of ether oxygens (including phenoxy) is 2. The molecule has 0 bridgehead atoms. The monoisotopic (exact) mass is 572 g/mol. The predicted molar refractivity (Wildman–Crippen MR) is 149 cm³/mol. The summed E-state index contributed by atoms with van der Waals surface area (Å²) >= 11 is 0. The number of H-pyrrole nitrogens is 1. The lowest BCUT2D eigenvalue weighted by Gasteiger charge is -2.25. The number of carbonyl (C=O) groups excluding carboxylic acids is 1.